The summed E-state index contributed by atoms with van der Waals surface area (Å²) in [6.07, 6.45) is 6.79. The van der Waals surface area contributed by atoms with E-state index < -0.39 is 10.0 Å². The summed E-state index contributed by atoms with van der Waals surface area (Å²) in [5.41, 5.74) is 0. The number of nitrogens with zero attached hydrogens (tertiary/aromatic N) is 1. The van der Waals surface area contributed by atoms with Crippen molar-refractivity contribution in [2.75, 3.05) is 6.54 Å². The van der Waals surface area contributed by atoms with Gasteiger partial charge in [-0.15, -0.1) is 11.6 Å². The Bertz CT molecular complexity index is 530. The number of pyridine rings is 1. The lowest BCUT2D eigenvalue weighted by Crippen LogP contribution is -2.31. The maximum atomic E-state index is 12.1. The van der Waals surface area contributed by atoms with Crippen molar-refractivity contribution < 1.29 is 8.42 Å². The molecule has 2 rings (SSSR count). The number of hydrogen-bond acceptors (Lipinski definition) is 3. The molecule has 0 saturated heterocycles. The van der Waals surface area contributed by atoms with Crippen LogP contribution in [0.4, 0.5) is 0 Å². The molecule has 0 aromatic carbocycles. The lowest BCUT2D eigenvalue weighted by atomic mass is 9.89. The van der Waals surface area contributed by atoms with Gasteiger partial charge in [0.15, 0.2) is 0 Å². The fourth-order valence-corrected chi connectivity index (χ4v) is 4.05. The van der Waals surface area contributed by atoms with E-state index in [-0.39, 0.29) is 10.3 Å². The van der Waals surface area contributed by atoms with Crippen LogP contribution in [-0.2, 0) is 10.0 Å². The minimum absolute atomic E-state index is 0.188. The molecule has 1 fully saturated rings. The first-order chi connectivity index (χ1) is 8.97. The van der Waals surface area contributed by atoms with Crippen LogP contribution in [0.1, 0.15) is 25.7 Å². The van der Waals surface area contributed by atoms with Gasteiger partial charge < -0.3 is 0 Å². The number of alkyl halides is 1. The quantitative estimate of drug-likeness (QED) is 0.832. The van der Waals surface area contributed by atoms with Gasteiger partial charge in [0.05, 0.1) is 0 Å². The van der Waals surface area contributed by atoms with Crippen molar-refractivity contribution in [1.82, 2.24) is 9.71 Å². The minimum Gasteiger partial charge on any atom is -0.262 e. The van der Waals surface area contributed by atoms with Gasteiger partial charge in [0.1, 0.15) is 4.90 Å². The zero-order valence-electron chi connectivity index (χ0n) is 10.4. The van der Waals surface area contributed by atoms with Crippen LogP contribution in [-0.4, -0.2) is 25.3 Å². The summed E-state index contributed by atoms with van der Waals surface area (Å²) in [4.78, 5) is 4.06. The average Bonchev–Trinajstić information content (AvgIpc) is 2.38. The van der Waals surface area contributed by atoms with Gasteiger partial charge in [0.25, 0.3) is 0 Å². The molecule has 1 heterocycles. The van der Waals surface area contributed by atoms with E-state index in [1.807, 2.05) is 0 Å². The summed E-state index contributed by atoms with van der Waals surface area (Å²) in [7, 11) is -3.47. The second-order valence-corrected chi connectivity index (χ2v) is 8.11. The molecule has 1 aromatic rings. The zero-order chi connectivity index (χ0) is 13.9. The van der Waals surface area contributed by atoms with Crippen molar-refractivity contribution in [3.05, 3.63) is 22.9 Å². The van der Waals surface area contributed by atoms with Crippen LogP contribution in [0, 0.1) is 5.92 Å². The third kappa shape index (κ3) is 4.41. The second kappa shape index (κ2) is 6.52. The molecule has 0 amide bonds. The number of halogens is 2. The predicted octanol–water partition coefficient (Wildman–Crippen LogP) is 2.92. The van der Waals surface area contributed by atoms with Gasteiger partial charge in [-0.05, 0) is 53.6 Å². The van der Waals surface area contributed by atoms with Gasteiger partial charge in [0.2, 0.25) is 10.0 Å². The molecule has 1 aliphatic rings. The highest BCUT2D eigenvalue weighted by molar-refractivity contribution is 9.10. The molecule has 1 aliphatic carbocycles. The molecule has 1 saturated carbocycles. The second-order valence-electron chi connectivity index (χ2n) is 4.81. The van der Waals surface area contributed by atoms with Crippen LogP contribution in [0.3, 0.4) is 0 Å². The number of aromatic nitrogens is 1. The molecule has 7 heteroatoms. The molecule has 0 unspecified atom stereocenters. The Labute approximate surface area is 127 Å². The molecule has 19 heavy (non-hydrogen) atoms. The number of nitrogens with one attached hydrogen (secondary N) is 1. The Morgan fingerprint density at radius 2 is 2.00 bits per heavy atom. The van der Waals surface area contributed by atoms with Crippen LogP contribution in [0.15, 0.2) is 27.8 Å². The zero-order valence-corrected chi connectivity index (χ0v) is 13.5. The van der Waals surface area contributed by atoms with Crippen LogP contribution >= 0.6 is 27.5 Å². The average molecular weight is 368 g/mol. The van der Waals surface area contributed by atoms with E-state index >= 15 is 0 Å². The Kier molecular flexibility index (Phi) is 5.22. The minimum atomic E-state index is -3.47. The van der Waals surface area contributed by atoms with Crippen molar-refractivity contribution >= 4 is 37.6 Å². The number of rotatable bonds is 4. The summed E-state index contributed by atoms with van der Waals surface area (Å²) < 4.78 is 27.5. The molecule has 1 N–H and O–H groups in total. The lowest BCUT2D eigenvalue weighted by Gasteiger charge is -2.24. The fraction of sp³-hybridized carbons (Fsp3) is 0.583. The van der Waals surface area contributed by atoms with Crippen LogP contribution in [0.5, 0.6) is 0 Å². The van der Waals surface area contributed by atoms with E-state index in [1.54, 1.807) is 12.3 Å². The molecular weight excluding hydrogens is 352 g/mol. The SMILES string of the molecule is O=S(=O)(NCC1CCC(Cl)CC1)c1cncc(Br)c1. The van der Waals surface area contributed by atoms with Crippen molar-refractivity contribution in [3.8, 4) is 0 Å². The molecule has 0 atom stereocenters. The van der Waals surface area contributed by atoms with Crippen molar-refractivity contribution in [1.29, 1.82) is 0 Å². The maximum Gasteiger partial charge on any atom is 0.242 e. The fourth-order valence-electron chi connectivity index (χ4n) is 2.18. The molecule has 1 aromatic heterocycles. The molecule has 0 aliphatic heterocycles. The Hall–Kier alpha value is -0.170. The maximum absolute atomic E-state index is 12.1. The van der Waals surface area contributed by atoms with Crippen molar-refractivity contribution in [2.45, 2.75) is 36.0 Å². The Morgan fingerprint density at radius 3 is 2.63 bits per heavy atom. The van der Waals surface area contributed by atoms with Gasteiger partial charge in [-0.2, -0.15) is 0 Å². The third-order valence-electron chi connectivity index (χ3n) is 3.33. The highest BCUT2D eigenvalue weighted by Crippen LogP contribution is 2.27. The highest BCUT2D eigenvalue weighted by atomic mass is 79.9. The smallest absolute Gasteiger partial charge is 0.242 e. The van der Waals surface area contributed by atoms with Gasteiger partial charge in [-0.3, -0.25) is 4.98 Å². The molecule has 0 bridgehead atoms. The van der Waals surface area contributed by atoms with Crippen LogP contribution < -0.4 is 4.72 Å². The largest absolute Gasteiger partial charge is 0.262 e. The van der Waals surface area contributed by atoms with E-state index in [9.17, 15) is 8.42 Å². The standard InChI is InChI=1S/C12H16BrClN2O2S/c13-10-5-12(8-15-7-10)19(17,18)16-6-9-1-3-11(14)4-2-9/h5,7-9,11,16H,1-4,6H2. The monoisotopic (exact) mass is 366 g/mol. The van der Waals surface area contributed by atoms with E-state index in [0.29, 0.717) is 16.9 Å². The molecule has 106 valence electrons. The lowest BCUT2D eigenvalue weighted by molar-refractivity contribution is 0.361. The first kappa shape index (κ1) is 15.2. The Balaban J connectivity index is 1.95. The van der Waals surface area contributed by atoms with Crippen LogP contribution in [0.2, 0.25) is 0 Å². The predicted molar refractivity (Wildman–Crippen MR) is 78.7 cm³/mol. The summed E-state index contributed by atoms with van der Waals surface area (Å²) in [5, 5.41) is 0.252. The van der Waals surface area contributed by atoms with Gasteiger partial charge >= 0.3 is 0 Å². The summed E-state index contributed by atoms with van der Waals surface area (Å²) in [5.74, 6) is 0.380. The van der Waals surface area contributed by atoms with E-state index in [0.717, 1.165) is 25.7 Å². The number of hydrogen-bond donors (Lipinski definition) is 1. The van der Waals surface area contributed by atoms with Gasteiger partial charge in [-0.1, -0.05) is 0 Å². The van der Waals surface area contributed by atoms with E-state index in [4.69, 9.17) is 11.6 Å². The number of sulfonamides is 1. The topological polar surface area (TPSA) is 59.1 Å². The molecule has 4 nitrogen and oxygen atoms in total. The van der Waals surface area contributed by atoms with E-state index in [2.05, 4.69) is 25.6 Å². The summed E-state index contributed by atoms with van der Waals surface area (Å²) in [6.45, 7) is 0.471. The van der Waals surface area contributed by atoms with Crippen LogP contribution in [0.25, 0.3) is 0 Å². The van der Waals surface area contributed by atoms with Gasteiger partial charge in [0, 0.05) is 28.8 Å². The first-order valence-electron chi connectivity index (χ1n) is 6.21. The summed E-state index contributed by atoms with van der Waals surface area (Å²) in [6, 6.07) is 1.55. The normalized spacial score (nSPS) is 24.3. The third-order valence-corrected chi connectivity index (χ3v) is 5.59. The highest BCUT2D eigenvalue weighted by Gasteiger charge is 2.22. The molecular formula is C12H16BrClN2O2S. The Morgan fingerprint density at radius 1 is 1.32 bits per heavy atom. The molecule has 0 radical (unpaired) electrons. The van der Waals surface area contributed by atoms with Crippen molar-refractivity contribution in [3.63, 3.8) is 0 Å². The summed E-state index contributed by atoms with van der Waals surface area (Å²) >= 11 is 9.25. The van der Waals surface area contributed by atoms with Gasteiger partial charge in [-0.25, -0.2) is 13.1 Å². The van der Waals surface area contributed by atoms with E-state index in [1.165, 1.54) is 6.20 Å². The molecule has 0 spiro atoms. The first-order valence-corrected chi connectivity index (χ1v) is 8.93. The van der Waals surface area contributed by atoms with Crippen molar-refractivity contribution in [2.24, 2.45) is 5.92 Å².